The highest BCUT2D eigenvalue weighted by Crippen LogP contribution is 2.40. The first-order valence-electron chi connectivity index (χ1n) is 10.7. The second-order valence-electron chi connectivity index (χ2n) is 8.45. The minimum atomic E-state index is -0.205. The van der Waals surface area contributed by atoms with Crippen LogP contribution < -0.4 is 15.5 Å². The highest BCUT2D eigenvalue weighted by molar-refractivity contribution is 7.80. The molecule has 1 saturated heterocycles. The van der Waals surface area contributed by atoms with Crippen molar-refractivity contribution in [1.29, 1.82) is 0 Å². The van der Waals surface area contributed by atoms with E-state index in [4.69, 9.17) is 12.2 Å². The molecule has 30 heavy (non-hydrogen) atoms. The molecule has 2 fully saturated rings. The molecule has 0 bridgehead atoms. The highest BCUT2D eigenvalue weighted by Gasteiger charge is 2.35. The van der Waals surface area contributed by atoms with Gasteiger partial charge in [-0.05, 0) is 73.8 Å². The zero-order chi connectivity index (χ0) is 21.1. The van der Waals surface area contributed by atoms with E-state index in [1.807, 2.05) is 42.2 Å². The van der Waals surface area contributed by atoms with Gasteiger partial charge in [0.25, 0.3) is 0 Å². The van der Waals surface area contributed by atoms with Crippen molar-refractivity contribution in [2.75, 3.05) is 23.3 Å². The standard InChI is InChI=1S/C24H28FN3OS/c1-17-6-11-20(15-21(17)28-14-4-5-22(28)29)27-23(30)26-16-24(12-2-3-13-24)18-7-9-19(25)10-8-18/h6-11,15H,2-5,12-14,16H2,1H3,(H2,26,27,30). The molecule has 1 aliphatic heterocycles. The van der Waals surface area contributed by atoms with E-state index >= 15 is 0 Å². The number of hydrogen-bond acceptors (Lipinski definition) is 2. The van der Waals surface area contributed by atoms with Gasteiger partial charge in [0.15, 0.2) is 5.11 Å². The molecule has 2 aliphatic rings. The van der Waals surface area contributed by atoms with Crippen molar-refractivity contribution in [2.45, 2.75) is 50.9 Å². The van der Waals surface area contributed by atoms with E-state index in [9.17, 15) is 9.18 Å². The minimum Gasteiger partial charge on any atom is -0.362 e. The van der Waals surface area contributed by atoms with Gasteiger partial charge in [-0.2, -0.15) is 0 Å². The van der Waals surface area contributed by atoms with E-state index in [0.29, 0.717) is 18.1 Å². The largest absolute Gasteiger partial charge is 0.362 e. The van der Waals surface area contributed by atoms with Gasteiger partial charge in [-0.15, -0.1) is 0 Å². The van der Waals surface area contributed by atoms with Crippen molar-refractivity contribution >= 4 is 34.6 Å². The minimum absolute atomic E-state index is 0.0140. The van der Waals surface area contributed by atoms with Crippen LogP contribution in [0.1, 0.15) is 49.7 Å². The normalized spacial score (nSPS) is 17.9. The first-order valence-corrected chi connectivity index (χ1v) is 11.1. The number of nitrogens with one attached hydrogen (secondary N) is 2. The number of aryl methyl sites for hydroxylation is 1. The summed E-state index contributed by atoms with van der Waals surface area (Å²) in [6.07, 6.45) is 6.00. The van der Waals surface area contributed by atoms with Crippen LogP contribution in [0.5, 0.6) is 0 Å². The van der Waals surface area contributed by atoms with E-state index in [-0.39, 0.29) is 17.1 Å². The Morgan fingerprint density at radius 1 is 1.13 bits per heavy atom. The Labute approximate surface area is 182 Å². The Morgan fingerprint density at radius 2 is 1.87 bits per heavy atom. The van der Waals surface area contributed by atoms with E-state index < -0.39 is 0 Å². The molecule has 0 spiro atoms. The number of rotatable bonds is 5. The smallest absolute Gasteiger partial charge is 0.227 e. The lowest BCUT2D eigenvalue weighted by Crippen LogP contribution is -2.40. The van der Waals surface area contributed by atoms with Crippen molar-refractivity contribution in [2.24, 2.45) is 0 Å². The fraction of sp³-hybridized carbons (Fsp3) is 0.417. The molecule has 1 heterocycles. The maximum atomic E-state index is 13.4. The van der Waals surface area contributed by atoms with Gasteiger partial charge in [0.05, 0.1) is 0 Å². The van der Waals surface area contributed by atoms with Gasteiger partial charge in [0.2, 0.25) is 5.91 Å². The summed E-state index contributed by atoms with van der Waals surface area (Å²) >= 11 is 5.56. The molecule has 2 N–H and O–H groups in total. The number of hydrogen-bond donors (Lipinski definition) is 2. The van der Waals surface area contributed by atoms with Gasteiger partial charge in [-0.25, -0.2) is 4.39 Å². The van der Waals surface area contributed by atoms with Crippen LogP contribution >= 0.6 is 12.2 Å². The number of amides is 1. The Bertz CT molecular complexity index is 938. The molecule has 4 rings (SSSR count). The van der Waals surface area contributed by atoms with Crippen molar-refractivity contribution in [3.63, 3.8) is 0 Å². The predicted molar refractivity (Wildman–Crippen MR) is 124 cm³/mol. The highest BCUT2D eigenvalue weighted by atomic mass is 32.1. The number of nitrogens with zero attached hydrogens (tertiary/aromatic N) is 1. The molecule has 1 amide bonds. The molecule has 0 radical (unpaired) electrons. The summed E-state index contributed by atoms with van der Waals surface area (Å²) in [5.41, 5.74) is 4.05. The Hall–Kier alpha value is -2.47. The molecule has 1 saturated carbocycles. The zero-order valence-corrected chi connectivity index (χ0v) is 18.2. The monoisotopic (exact) mass is 425 g/mol. The molecule has 1 aliphatic carbocycles. The molecule has 0 aromatic heterocycles. The fourth-order valence-corrected chi connectivity index (χ4v) is 4.92. The number of carbonyl (C=O) groups is 1. The topological polar surface area (TPSA) is 44.4 Å². The molecular weight excluding hydrogens is 397 g/mol. The Morgan fingerprint density at radius 3 is 2.53 bits per heavy atom. The molecule has 4 nitrogen and oxygen atoms in total. The summed E-state index contributed by atoms with van der Waals surface area (Å²) in [6, 6.07) is 12.9. The quantitative estimate of drug-likeness (QED) is 0.658. The molecule has 158 valence electrons. The molecule has 0 atom stereocenters. The van der Waals surface area contributed by atoms with E-state index in [1.165, 1.54) is 18.4 Å². The molecule has 2 aromatic carbocycles. The molecular formula is C24H28FN3OS. The van der Waals surface area contributed by atoms with Gasteiger partial charge < -0.3 is 15.5 Å². The number of anilines is 2. The van der Waals surface area contributed by atoms with Crippen LogP contribution in [-0.4, -0.2) is 24.1 Å². The lowest BCUT2D eigenvalue weighted by atomic mass is 9.79. The summed E-state index contributed by atoms with van der Waals surface area (Å²) in [4.78, 5) is 14.0. The summed E-state index contributed by atoms with van der Waals surface area (Å²) in [6.45, 7) is 3.51. The van der Waals surface area contributed by atoms with Crippen LogP contribution in [0.4, 0.5) is 15.8 Å². The number of halogens is 1. The second kappa shape index (κ2) is 8.72. The summed E-state index contributed by atoms with van der Waals surface area (Å²) in [5.74, 6) is -0.0258. The van der Waals surface area contributed by atoms with Crippen LogP contribution in [0.15, 0.2) is 42.5 Å². The van der Waals surface area contributed by atoms with Crippen LogP contribution in [0.2, 0.25) is 0 Å². The van der Waals surface area contributed by atoms with Crippen molar-refractivity contribution in [3.8, 4) is 0 Å². The van der Waals surface area contributed by atoms with E-state index in [2.05, 4.69) is 10.6 Å². The van der Waals surface area contributed by atoms with E-state index in [0.717, 1.165) is 42.7 Å². The summed E-state index contributed by atoms with van der Waals surface area (Å²) in [5, 5.41) is 7.22. The molecule has 6 heteroatoms. The Kier molecular flexibility index (Phi) is 6.04. The second-order valence-corrected chi connectivity index (χ2v) is 8.86. The predicted octanol–water partition coefficient (Wildman–Crippen LogP) is 5.06. The molecule has 2 aromatic rings. The number of carbonyl (C=O) groups excluding carboxylic acids is 1. The SMILES string of the molecule is Cc1ccc(NC(=S)NCC2(c3ccc(F)cc3)CCCC2)cc1N1CCCC1=O. The Balaban J connectivity index is 1.43. The lowest BCUT2D eigenvalue weighted by Gasteiger charge is -2.30. The van der Waals surface area contributed by atoms with Crippen LogP contribution in [0, 0.1) is 12.7 Å². The van der Waals surface area contributed by atoms with Gasteiger partial charge in [0, 0.05) is 36.3 Å². The maximum absolute atomic E-state index is 13.4. The summed E-state index contributed by atoms with van der Waals surface area (Å²) in [7, 11) is 0. The molecule has 0 unspecified atom stereocenters. The number of thiocarbonyl (C=S) groups is 1. The average Bonchev–Trinajstić information content (AvgIpc) is 3.38. The maximum Gasteiger partial charge on any atom is 0.227 e. The van der Waals surface area contributed by atoms with Gasteiger partial charge in [-0.3, -0.25) is 4.79 Å². The van der Waals surface area contributed by atoms with Crippen LogP contribution in [0.25, 0.3) is 0 Å². The van der Waals surface area contributed by atoms with Crippen molar-refractivity contribution in [1.82, 2.24) is 5.32 Å². The summed E-state index contributed by atoms with van der Waals surface area (Å²) < 4.78 is 13.4. The van der Waals surface area contributed by atoms with Gasteiger partial charge >= 0.3 is 0 Å². The van der Waals surface area contributed by atoms with Crippen LogP contribution in [-0.2, 0) is 10.2 Å². The fourth-order valence-electron chi connectivity index (χ4n) is 4.73. The zero-order valence-electron chi connectivity index (χ0n) is 17.3. The third-order valence-electron chi connectivity index (χ3n) is 6.44. The first-order chi connectivity index (χ1) is 14.5. The third kappa shape index (κ3) is 4.33. The average molecular weight is 426 g/mol. The number of benzene rings is 2. The third-order valence-corrected chi connectivity index (χ3v) is 6.68. The first kappa shape index (κ1) is 20.8. The van der Waals surface area contributed by atoms with Crippen molar-refractivity contribution in [3.05, 3.63) is 59.4 Å². The van der Waals surface area contributed by atoms with Crippen molar-refractivity contribution < 1.29 is 9.18 Å². The van der Waals surface area contributed by atoms with Gasteiger partial charge in [0.1, 0.15) is 5.82 Å². The lowest BCUT2D eigenvalue weighted by molar-refractivity contribution is -0.117. The van der Waals surface area contributed by atoms with Gasteiger partial charge in [-0.1, -0.05) is 31.0 Å². The van der Waals surface area contributed by atoms with E-state index in [1.54, 1.807) is 12.1 Å². The van der Waals surface area contributed by atoms with Crippen LogP contribution in [0.3, 0.4) is 0 Å².